The van der Waals surface area contributed by atoms with E-state index in [9.17, 15) is 24.0 Å². The van der Waals surface area contributed by atoms with Crippen LogP contribution in [-0.4, -0.2) is 53.5 Å². The van der Waals surface area contributed by atoms with Gasteiger partial charge >= 0.3 is 5.97 Å². The van der Waals surface area contributed by atoms with E-state index < -0.39 is 41.5 Å². The number of methoxy groups -OCH3 is 1. The van der Waals surface area contributed by atoms with Crippen molar-refractivity contribution in [1.82, 2.24) is 15.7 Å². The van der Waals surface area contributed by atoms with Crippen LogP contribution in [0.5, 0.6) is 0 Å². The van der Waals surface area contributed by atoms with Crippen molar-refractivity contribution in [3.8, 4) is 0 Å². The second-order valence-electron chi connectivity index (χ2n) is 8.87. The molecule has 200 valence electrons. The molecule has 1 atom stereocenters. The molecule has 1 saturated heterocycles. The Balaban J connectivity index is 1.62. The van der Waals surface area contributed by atoms with Crippen LogP contribution in [0.4, 0.5) is 4.79 Å². The largest absolute Gasteiger partial charge is 0.467 e. The van der Waals surface area contributed by atoms with E-state index in [4.69, 9.17) is 9.57 Å². The van der Waals surface area contributed by atoms with Gasteiger partial charge in [0.25, 0.3) is 23.0 Å². The van der Waals surface area contributed by atoms with Gasteiger partial charge in [-0.05, 0) is 53.4 Å². The van der Waals surface area contributed by atoms with E-state index in [1.165, 1.54) is 19.3 Å². The second-order valence-corrected chi connectivity index (χ2v) is 9.86. The van der Waals surface area contributed by atoms with Gasteiger partial charge in [0.2, 0.25) is 0 Å². The van der Waals surface area contributed by atoms with E-state index in [0.717, 1.165) is 10.5 Å². The zero-order valence-corrected chi connectivity index (χ0v) is 22.1. The van der Waals surface area contributed by atoms with Crippen LogP contribution in [0, 0.1) is 5.92 Å². The minimum absolute atomic E-state index is 0.109. The van der Waals surface area contributed by atoms with Crippen LogP contribution >= 0.6 is 11.8 Å². The Morgan fingerprint density at radius 3 is 2.47 bits per heavy atom. The van der Waals surface area contributed by atoms with E-state index in [-0.39, 0.29) is 23.0 Å². The maximum absolute atomic E-state index is 12.8. The van der Waals surface area contributed by atoms with Crippen LogP contribution in [-0.2, 0) is 30.6 Å². The van der Waals surface area contributed by atoms with Gasteiger partial charge in [0.1, 0.15) is 12.6 Å². The molecule has 3 rings (SSSR count). The van der Waals surface area contributed by atoms with Gasteiger partial charge < -0.3 is 10.1 Å². The van der Waals surface area contributed by atoms with Crippen LogP contribution in [0.2, 0.25) is 0 Å². The molecule has 38 heavy (non-hydrogen) atoms. The van der Waals surface area contributed by atoms with Crippen LogP contribution < -0.4 is 10.8 Å². The number of ether oxygens (including phenoxy) is 1. The normalized spacial score (nSPS) is 15.1. The number of hydrogen-bond donors (Lipinski definition) is 2. The standard InChI is InChI=1S/C27H29N3O7S/c1-17(2)12-21(26(34)36-3)28-24(32)20-11-7-10-19(13-20)14-22-25(33)30(27(35)38-22)15-23(31)29-37-16-18-8-5-4-6-9-18/h4-11,13-14,17,21H,12,15-16H2,1-3H3,(H,28,32)(H,29,31)/b22-14-/t21-/m0/s1. The molecule has 0 spiro atoms. The van der Waals surface area contributed by atoms with E-state index in [0.29, 0.717) is 23.7 Å². The number of benzene rings is 2. The van der Waals surface area contributed by atoms with E-state index in [2.05, 4.69) is 10.8 Å². The predicted molar refractivity (Wildman–Crippen MR) is 141 cm³/mol. The highest BCUT2D eigenvalue weighted by Gasteiger charge is 2.36. The smallest absolute Gasteiger partial charge is 0.328 e. The third kappa shape index (κ3) is 8.02. The van der Waals surface area contributed by atoms with E-state index in [1.54, 1.807) is 18.2 Å². The van der Waals surface area contributed by atoms with Crippen molar-refractivity contribution in [2.45, 2.75) is 32.9 Å². The van der Waals surface area contributed by atoms with Crippen LogP contribution in [0.1, 0.15) is 41.8 Å². The molecule has 4 amide bonds. The number of nitrogens with one attached hydrogen (secondary N) is 2. The molecule has 2 N–H and O–H groups in total. The topological polar surface area (TPSA) is 131 Å². The zero-order chi connectivity index (χ0) is 27.7. The van der Waals surface area contributed by atoms with Crippen molar-refractivity contribution >= 4 is 46.8 Å². The Morgan fingerprint density at radius 2 is 1.79 bits per heavy atom. The number of rotatable bonds is 11. The van der Waals surface area contributed by atoms with Crippen LogP contribution in [0.25, 0.3) is 6.08 Å². The highest BCUT2D eigenvalue weighted by atomic mass is 32.2. The Morgan fingerprint density at radius 1 is 1.05 bits per heavy atom. The summed E-state index contributed by atoms with van der Waals surface area (Å²) in [4.78, 5) is 68.3. The van der Waals surface area contributed by atoms with Crippen molar-refractivity contribution in [3.05, 3.63) is 76.2 Å². The number of imide groups is 1. The van der Waals surface area contributed by atoms with E-state index >= 15 is 0 Å². The molecule has 10 nitrogen and oxygen atoms in total. The van der Waals surface area contributed by atoms with Gasteiger partial charge in [0, 0.05) is 5.56 Å². The van der Waals surface area contributed by atoms with Gasteiger partial charge in [0.15, 0.2) is 0 Å². The maximum Gasteiger partial charge on any atom is 0.328 e. The molecule has 0 radical (unpaired) electrons. The second kappa shape index (κ2) is 13.5. The highest BCUT2D eigenvalue weighted by Crippen LogP contribution is 2.32. The number of esters is 1. The van der Waals surface area contributed by atoms with Gasteiger partial charge in [-0.2, -0.15) is 0 Å². The molecule has 0 aliphatic carbocycles. The van der Waals surface area contributed by atoms with Gasteiger partial charge in [-0.15, -0.1) is 0 Å². The van der Waals surface area contributed by atoms with Gasteiger partial charge in [-0.25, -0.2) is 10.3 Å². The van der Waals surface area contributed by atoms with Crippen molar-refractivity contribution in [1.29, 1.82) is 0 Å². The summed E-state index contributed by atoms with van der Waals surface area (Å²) >= 11 is 0.694. The molecular weight excluding hydrogens is 510 g/mol. The van der Waals surface area contributed by atoms with Gasteiger partial charge in [0.05, 0.1) is 18.6 Å². The lowest BCUT2D eigenvalue weighted by Crippen LogP contribution is -2.42. The molecule has 11 heteroatoms. The summed E-state index contributed by atoms with van der Waals surface area (Å²) < 4.78 is 4.79. The number of carbonyl (C=O) groups is 5. The molecule has 2 aromatic rings. The van der Waals surface area contributed by atoms with Crippen molar-refractivity contribution < 1.29 is 33.5 Å². The lowest BCUT2D eigenvalue weighted by atomic mass is 10.0. The Hall–Kier alpha value is -3.96. The van der Waals surface area contributed by atoms with Crippen molar-refractivity contribution in [2.24, 2.45) is 5.92 Å². The fourth-order valence-electron chi connectivity index (χ4n) is 3.58. The van der Waals surface area contributed by atoms with Crippen molar-refractivity contribution in [3.63, 3.8) is 0 Å². The summed E-state index contributed by atoms with van der Waals surface area (Å²) in [6.07, 6.45) is 1.88. The number of carbonyl (C=O) groups excluding carboxylic acids is 5. The number of hydrogen-bond acceptors (Lipinski definition) is 8. The fourth-order valence-corrected chi connectivity index (χ4v) is 4.41. The summed E-state index contributed by atoms with van der Waals surface area (Å²) in [5.41, 5.74) is 3.84. The molecule has 1 fully saturated rings. The summed E-state index contributed by atoms with van der Waals surface area (Å²) in [6, 6.07) is 14.8. The number of amides is 4. The summed E-state index contributed by atoms with van der Waals surface area (Å²) in [6.45, 7) is 3.49. The Bertz CT molecular complexity index is 1230. The first-order valence-electron chi connectivity index (χ1n) is 11.9. The zero-order valence-electron chi connectivity index (χ0n) is 21.3. The van der Waals surface area contributed by atoms with Gasteiger partial charge in [-0.3, -0.25) is 28.9 Å². The maximum atomic E-state index is 12.8. The number of nitrogens with zero attached hydrogens (tertiary/aromatic N) is 1. The van der Waals surface area contributed by atoms with Gasteiger partial charge in [-0.1, -0.05) is 56.3 Å². The third-order valence-corrected chi connectivity index (χ3v) is 6.30. The lowest BCUT2D eigenvalue weighted by molar-refractivity contribution is -0.143. The Kier molecular flexibility index (Phi) is 10.2. The third-order valence-electron chi connectivity index (χ3n) is 5.39. The quantitative estimate of drug-likeness (QED) is 0.253. The Labute approximate surface area is 224 Å². The van der Waals surface area contributed by atoms with E-state index in [1.807, 2.05) is 44.2 Å². The highest BCUT2D eigenvalue weighted by molar-refractivity contribution is 8.18. The molecule has 0 unspecified atom stereocenters. The van der Waals surface area contributed by atoms with Crippen LogP contribution in [0.15, 0.2) is 59.5 Å². The van der Waals surface area contributed by atoms with Crippen molar-refractivity contribution in [2.75, 3.05) is 13.7 Å². The first-order chi connectivity index (χ1) is 18.2. The summed E-state index contributed by atoms with van der Waals surface area (Å²) in [5, 5.41) is 2.09. The minimum Gasteiger partial charge on any atom is -0.467 e. The van der Waals surface area contributed by atoms with Crippen LogP contribution in [0.3, 0.4) is 0 Å². The monoisotopic (exact) mass is 539 g/mol. The molecule has 2 aromatic carbocycles. The summed E-state index contributed by atoms with van der Waals surface area (Å²) in [7, 11) is 1.26. The minimum atomic E-state index is -0.796. The average molecular weight is 540 g/mol. The molecule has 0 aromatic heterocycles. The first-order valence-corrected chi connectivity index (χ1v) is 12.7. The lowest BCUT2D eigenvalue weighted by Gasteiger charge is -2.18. The first kappa shape index (κ1) is 28.6. The number of thioether (sulfide) groups is 1. The molecular formula is C27H29N3O7S. The molecule has 1 heterocycles. The molecule has 0 bridgehead atoms. The SMILES string of the molecule is COC(=O)[C@H](CC(C)C)NC(=O)c1cccc(/C=C2\SC(=O)N(CC(=O)NOCc3ccccc3)C2=O)c1. The summed E-state index contributed by atoms with van der Waals surface area (Å²) in [5.74, 6) is -2.14. The number of hydroxylamine groups is 1. The molecule has 0 saturated carbocycles. The fraction of sp³-hybridized carbons (Fsp3) is 0.296. The molecule has 1 aliphatic heterocycles. The average Bonchev–Trinajstić information content (AvgIpc) is 3.15. The molecule has 1 aliphatic rings. The predicted octanol–water partition coefficient (Wildman–Crippen LogP) is 3.29.